The maximum Gasteiger partial charge on any atom is 0.220 e. The van der Waals surface area contributed by atoms with Gasteiger partial charge < -0.3 is 19.3 Å². The summed E-state index contributed by atoms with van der Waals surface area (Å²) >= 11 is 0. The van der Waals surface area contributed by atoms with E-state index in [1.165, 1.54) is 0 Å². The number of carbonyl (C=O) groups excluding carboxylic acids is 1. The van der Waals surface area contributed by atoms with E-state index in [4.69, 9.17) is 14.0 Å². The molecule has 0 aliphatic heterocycles. The number of benzene rings is 1. The fourth-order valence-corrected chi connectivity index (χ4v) is 2.38. The van der Waals surface area contributed by atoms with E-state index >= 15 is 0 Å². The molecule has 1 aromatic heterocycles. The fourth-order valence-electron chi connectivity index (χ4n) is 2.38. The molecule has 23 heavy (non-hydrogen) atoms. The van der Waals surface area contributed by atoms with E-state index in [2.05, 4.69) is 10.5 Å². The Labute approximate surface area is 135 Å². The number of rotatable bonds is 7. The van der Waals surface area contributed by atoms with Gasteiger partial charge in [0.05, 0.1) is 19.9 Å². The van der Waals surface area contributed by atoms with Crippen molar-refractivity contribution >= 4 is 5.91 Å². The van der Waals surface area contributed by atoms with Crippen molar-refractivity contribution in [2.45, 2.75) is 33.2 Å². The van der Waals surface area contributed by atoms with Gasteiger partial charge in [0.15, 0.2) is 0 Å². The van der Waals surface area contributed by atoms with Gasteiger partial charge in [-0.3, -0.25) is 4.79 Å². The number of aromatic nitrogens is 1. The van der Waals surface area contributed by atoms with Crippen LogP contribution in [0.4, 0.5) is 0 Å². The second kappa shape index (κ2) is 7.67. The van der Waals surface area contributed by atoms with Crippen molar-refractivity contribution in [2.75, 3.05) is 14.2 Å². The molecule has 0 saturated carbocycles. The topological polar surface area (TPSA) is 73.6 Å². The first-order valence-electron chi connectivity index (χ1n) is 7.44. The first kappa shape index (κ1) is 16.9. The Morgan fingerprint density at radius 1 is 1.26 bits per heavy atom. The minimum absolute atomic E-state index is 0.0251. The molecule has 2 aromatic rings. The predicted octanol–water partition coefficient (Wildman–Crippen LogP) is 2.56. The van der Waals surface area contributed by atoms with Crippen LogP contribution in [0.3, 0.4) is 0 Å². The summed E-state index contributed by atoms with van der Waals surface area (Å²) in [5, 5.41) is 6.79. The van der Waals surface area contributed by atoms with E-state index in [0.717, 1.165) is 28.3 Å². The third-order valence-corrected chi connectivity index (χ3v) is 3.75. The van der Waals surface area contributed by atoms with Crippen LogP contribution in [0.1, 0.15) is 29.0 Å². The average molecular weight is 318 g/mol. The van der Waals surface area contributed by atoms with Crippen LogP contribution in [-0.4, -0.2) is 25.3 Å². The van der Waals surface area contributed by atoms with Crippen LogP contribution in [0.5, 0.6) is 11.5 Å². The summed E-state index contributed by atoms with van der Waals surface area (Å²) in [6.45, 7) is 4.15. The molecular weight excluding hydrogens is 296 g/mol. The second-order valence-electron chi connectivity index (χ2n) is 5.26. The van der Waals surface area contributed by atoms with Crippen molar-refractivity contribution in [3.8, 4) is 11.5 Å². The number of aryl methyl sites for hydroxylation is 2. The van der Waals surface area contributed by atoms with Gasteiger partial charge in [-0.15, -0.1) is 0 Å². The first-order chi connectivity index (χ1) is 11.0. The van der Waals surface area contributed by atoms with Crippen molar-refractivity contribution in [2.24, 2.45) is 0 Å². The zero-order chi connectivity index (χ0) is 16.8. The molecule has 6 heteroatoms. The maximum atomic E-state index is 12.0. The summed E-state index contributed by atoms with van der Waals surface area (Å²) in [5.74, 6) is 2.15. The third kappa shape index (κ3) is 4.25. The number of carbonyl (C=O) groups is 1. The summed E-state index contributed by atoms with van der Waals surface area (Å²) in [5.41, 5.74) is 2.74. The molecule has 0 aliphatic rings. The van der Waals surface area contributed by atoms with Crippen molar-refractivity contribution < 1.29 is 18.8 Å². The van der Waals surface area contributed by atoms with Crippen LogP contribution < -0.4 is 14.8 Å². The first-order valence-corrected chi connectivity index (χ1v) is 7.44. The van der Waals surface area contributed by atoms with E-state index in [1.54, 1.807) is 20.3 Å². The van der Waals surface area contributed by atoms with Crippen LogP contribution in [0.25, 0.3) is 0 Å². The summed E-state index contributed by atoms with van der Waals surface area (Å²) in [4.78, 5) is 12.0. The lowest BCUT2D eigenvalue weighted by molar-refractivity contribution is -0.121. The largest absolute Gasteiger partial charge is 0.497 e. The lowest BCUT2D eigenvalue weighted by Gasteiger charge is -2.11. The Balaban J connectivity index is 1.89. The highest BCUT2D eigenvalue weighted by molar-refractivity contribution is 5.76. The van der Waals surface area contributed by atoms with Crippen molar-refractivity contribution in [1.29, 1.82) is 0 Å². The van der Waals surface area contributed by atoms with Gasteiger partial charge in [-0.2, -0.15) is 0 Å². The Kier molecular flexibility index (Phi) is 5.62. The van der Waals surface area contributed by atoms with Crippen LogP contribution in [0, 0.1) is 13.8 Å². The SMILES string of the molecule is COc1ccc(CNC(=O)CCc2c(C)noc2C)c(OC)c1. The van der Waals surface area contributed by atoms with Gasteiger partial charge in [-0.25, -0.2) is 0 Å². The zero-order valence-corrected chi connectivity index (χ0v) is 13.9. The van der Waals surface area contributed by atoms with Crippen molar-refractivity contribution in [3.63, 3.8) is 0 Å². The van der Waals surface area contributed by atoms with Gasteiger partial charge in [0.25, 0.3) is 0 Å². The maximum absolute atomic E-state index is 12.0. The molecule has 0 spiro atoms. The van der Waals surface area contributed by atoms with Gasteiger partial charge in [-0.1, -0.05) is 5.16 Å². The fraction of sp³-hybridized carbons (Fsp3) is 0.412. The van der Waals surface area contributed by atoms with Gasteiger partial charge in [-0.05, 0) is 32.4 Å². The van der Waals surface area contributed by atoms with E-state index < -0.39 is 0 Å². The third-order valence-electron chi connectivity index (χ3n) is 3.75. The molecule has 1 aromatic carbocycles. The second-order valence-corrected chi connectivity index (χ2v) is 5.26. The molecule has 0 fully saturated rings. The molecule has 6 nitrogen and oxygen atoms in total. The predicted molar refractivity (Wildman–Crippen MR) is 85.7 cm³/mol. The lowest BCUT2D eigenvalue weighted by atomic mass is 10.1. The van der Waals surface area contributed by atoms with Crippen molar-refractivity contribution in [3.05, 3.63) is 40.8 Å². The number of methoxy groups -OCH3 is 2. The minimum atomic E-state index is -0.0251. The van der Waals surface area contributed by atoms with E-state index in [9.17, 15) is 4.79 Å². The molecule has 0 radical (unpaired) electrons. The average Bonchev–Trinajstić information content (AvgIpc) is 2.89. The number of amides is 1. The molecule has 0 bridgehead atoms. The van der Waals surface area contributed by atoms with Crippen LogP contribution in [-0.2, 0) is 17.8 Å². The smallest absolute Gasteiger partial charge is 0.220 e. The van der Waals surface area contributed by atoms with E-state index in [0.29, 0.717) is 25.1 Å². The molecule has 2 rings (SSSR count). The summed E-state index contributed by atoms with van der Waals surface area (Å²) in [6.07, 6.45) is 1.01. The zero-order valence-electron chi connectivity index (χ0n) is 13.9. The highest BCUT2D eigenvalue weighted by atomic mass is 16.5. The molecule has 0 aliphatic carbocycles. The Morgan fingerprint density at radius 2 is 2.04 bits per heavy atom. The van der Waals surface area contributed by atoms with Crippen LogP contribution in [0.15, 0.2) is 22.7 Å². The highest BCUT2D eigenvalue weighted by Gasteiger charge is 2.12. The van der Waals surface area contributed by atoms with Gasteiger partial charge in [0, 0.05) is 30.2 Å². The number of hydrogen-bond donors (Lipinski definition) is 1. The molecule has 0 unspecified atom stereocenters. The standard InChI is InChI=1S/C17H22N2O4/c1-11-15(12(2)23-19-11)7-8-17(20)18-10-13-5-6-14(21-3)9-16(13)22-4/h5-6,9H,7-8,10H2,1-4H3,(H,18,20). The van der Waals surface area contributed by atoms with Gasteiger partial charge in [0.2, 0.25) is 5.91 Å². The molecule has 0 saturated heterocycles. The number of nitrogens with zero attached hydrogens (tertiary/aromatic N) is 1. The summed E-state index contributed by atoms with van der Waals surface area (Å²) in [6, 6.07) is 5.52. The monoisotopic (exact) mass is 318 g/mol. The highest BCUT2D eigenvalue weighted by Crippen LogP contribution is 2.24. The number of hydrogen-bond acceptors (Lipinski definition) is 5. The molecule has 1 N–H and O–H groups in total. The van der Waals surface area contributed by atoms with Crippen LogP contribution >= 0.6 is 0 Å². The number of ether oxygens (including phenoxy) is 2. The molecule has 124 valence electrons. The quantitative estimate of drug-likeness (QED) is 0.849. The summed E-state index contributed by atoms with van der Waals surface area (Å²) in [7, 11) is 3.20. The Hall–Kier alpha value is -2.50. The molecule has 1 amide bonds. The summed E-state index contributed by atoms with van der Waals surface area (Å²) < 4.78 is 15.6. The Bertz CT molecular complexity index is 660. The normalized spacial score (nSPS) is 10.4. The van der Waals surface area contributed by atoms with Crippen molar-refractivity contribution in [1.82, 2.24) is 10.5 Å². The van der Waals surface area contributed by atoms with Crippen LogP contribution in [0.2, 0.25) is 0 Å². The molecule has 1 heterocycles. The number of nitrogens with one attached hydrogen (secondary N) is 1. The molecular formula is C17H22N2O4. The van der Waals surface area contributed by atoms with E-state index in [-0.39, 0.29) is 5.91 Å². The Morgan fingerprint density at radius 3 is 2.65 bits per heavy atom. The molecule has 0 atom stereocenters. The minimum Gasteiger partial charge on any atom is -0.497 e. The van der Waals surface area contributed by atoms with Gasteiger partial charge in [0.1, 0.15) is 17.3 Å². The lowest BCUT2D eigenvalue weighted by Crippen LogP contribution is -2.23. The van der Waals surface area contributed by atoms with Gasteiger partial charge >= 0.3 is 0 Å². The van der Waals surface area contributed by atoms with E-state index in [1.807, 2.05) is 26.0 Å².